The summed E-state index contributed by atoms with van der Waals surface area (Å²) >= 11 is 9.74. The smallest absolute Gasteiger partial charge is 0.256 e. The van der Waals surface area contributed by atoms with E-state index in [1.54, 1.807) is 4.90 Å². The van der Waals surface area contributed by atoms with E-state index in [2.05, 4.69) is 15.9 Å². The van der Waals surface area contributed by atoms with E-state index in [1.807, 2.05) is 30.3 Å². The van der Waals surface area contributed by atoms with Gasteiger partial charge in [-0.3, -0.25) is 9.69 Å². The molecule has 1 aromatic carbocycles. The molecule has 1 saturated heterocycles. The van der Waals surface area contributed by atoms with Gasteiger partial charge in [0.25, 0.3) is 5.91 Å². The first-order chi connectivity index (χ1) is 6.70. The van der Waals surface area contributed by atoms with Crippen molar-refractivity contribution >= 4 is 55.8 Å². The Morgan fingerprint density at radius 3 is 2.50 bits per heavy atom. The molecule has 0 bridgehead atoms. The summed E-state index contributed by atoms with van der Waals surface area (Å²) in [5.74, 6) is -0.00815. The average Bonchev–Trinajstić information content (AvgIpc) is 2.43. The van der Waals surface area contributed by atoms with E-state index >= 15 is 0 Å². The number of para-hydroxylation sites is 1. The van der Waals surface area contributed by atoms with Crippen molar-refractivity contribution in [2.24, 2.45) is 0 Å². The van der Waals surface area contributed by atoms with Crippen molar-refractivity contribution in [1.82, 2.24) is 0 Å². The Balaban J connectivity index is 2.36. The zero-order valence-electron chi connectivity index (χ0n) is 7.01. The summed E-state index contributed by atoms with van der Waals surface area (Å²) in [4.78, 5) is 13.2. The average molecular weight is 288 g/mol. The first kappa shape index (κ1) is 10.1. The summed E-state index contributed by atoms with van der Waals surface area (Å²) in [7, 11) is 0. The zero-order valence-corrected chi connectivity index (χ0v) is 10.2. The molecule has 2 nitrogen and oxygen atoms in total. The maximum absolute atomic E-state index is 11.7. The Bertz CT molecular complexity index is 382. The van der Waals surface area contributed by atoms with Crippen LogP contribution in [0.3, 0.4) is 0 Å². The highest BCUT2D eigenvalue weighted by Gasteiger charge is 2.35. The van der Waals surface area contributed by atoms with Gasteiger partial charge in [-0.25, -0.2) is 0 Å². The molecule has 1 aliphatic rings. The third-order valence-electron chi connectivity index (χ3n) is 1.82. The molecule has 0 N–H and O–H groups in total. The van der Waals surface area contributed by atoms with Crippen LogP contribution in [-0.4, -0.2) is 14.4 Å². The molecule has 0 spiro atoms. The topological polar surface area (TPSA) is 20.3 Å². The third-order valence-corrected chi connectivity index (χ3v) is 4.03. The van der Waals surface area contributed by atoms with Gasteiger partial charge in [0.15, 0.2) is 0 Å². The zero-order chi connectivity index (χ0) is 10.1. The second kappa shape index (κ2) is 4.00. The van der Waals surface area contributed by atoms with Gasteiger partial charge < -0.3 is 0 Å². The van der Waals surface area contributed by atoms with Gasteiger partial charge in [0.1, 0.15) is 8.48 Å². The summed E-state index contributed by atoms with van der Waals surface area (Å²) in [6.45, 7) is 0. The summed E-state index contributed by atoms with van der Waals surface area (Å²) in [6, 6.07) is 9.42. The Morgan fingerprint density at radius 1 is 1.36 bits per heavy atom. The first-order valence-electron chi connectivity index (χ1n) is 3.94. The number of thioether (sulfide) groups is 1. The van der Waals surface area contributed by atoms with Gasteiger partial charge in [0.2, 0.25) is 0 Å². The Hall–Kier alpha value is -0.390. The molecule has 0 radical (unpaired) electrons. The molecule has 14 heavy (non-hydrogen) atoms. The van der Waals surface area contributed by atoms with Crippen LogP contribution in [0.15, 0.2) is 30.3 Å². The molecule has 1 heterocycles. The van der Waals surface area contributed by atoms with Gasteiger partial charge in [0.05, 0.1) is 5.69 Å². The summed E-state index contributed by atoms with van der Waals surface area (Å²) in [5, 5.41) is 0. The molecule has 0 saturated carbocycles. The van der Waals surface area contributed by atoms with E-state index in [1.165, 1.54) is 11.8 Å². The molecule has 1 atom stereocenters. The van der Waals surface area contributed by atoms with Gasteiger partial charge in [-0.1, -0.05) is 58.1 Å². The van der Waals surface area contributed by atoms with Crippen LogP contribution in [-0.2, 0) is 4.79 Å². The lowest BCUT2D eigenvalue weighted by molar-refractivity contribution is -0.115. The number of benzene rings is 1. The van der Waals surface area contributed by atoms with E-state index in [9.17, 15) is 4.79 Å². The molecule has 72 valence electrons. The van der Waals surface area contributed by atoms with E-state index in [4.69, 9.17) is 12.2 Å². The molecular weight excluding hydrogens is 282 g/mol. The molecule has 0 unspecified atom stereocenters. The highest BCUT2D eigenvalue weighted by atomic mass is 79.9. The van der Waals surface area contributed by atoms with Crippen LogP contribution in [0, 0.1) is 0 Å². The monoisotopic (exact) mass is 287 g/mol. The SMILES string of the molecule is O=C1[C@H](Br)SC(=S)N1c1ccccc1. The fourth-order valence-electron chi connectivity index (χ4n) is 1.19. The number of nitrogens with zero attached hydrogens (tertiary/aromatic N) is 1. The lowest BCUT2D eigenvalue weighted by Gasteiger charge is -2.14. The van der Waals surface area contributed by atoms with Crippen molar-refractivity contribution in [2.75, 3.05) is 4.90 Å². The van der Waals surface area contributed by atoms with Crippen LogP contribution in [0.25, 0.3) is 0 Å². The first-order valence-corrected chi connectivity index (χ1v) is 6.14. The number of hydrogen-bond acceptors (Lipinski definition) is 3. The van der Waals surface area contributed by atoms with Crippen molar-refractivity contribution in [3.05, 3.63) is 30.3 Å². The number of rotatable bonds is 1. The van der Waals surface area contributed by atoms with Crippen LogP contribution in [0.5, 0.6) is 0 Å². The normalized spacial score (nSPS) is 21.8. The minimum atomic E-state index is -0.241. The second-order valence-electron chi connectivity index (χ2n) is 2.71. The summed E-state index contributed by atoms with van der Waals surface area (Å²) in [5.41, 5.74) is 0.831. The van der Waals surface area contributed by atoms with Gasteiger partial charge in [-0.2, -0.15) is 0 Å². The highest BCUT2D eigenvalue weighted by Crippen LogP contribution is 2.34. The van der Waals surface area contributed by atoms with Crippen molar-refractivity contribution < 1.29 is 4.79 Å². The van der Waals surface area contributed by atoms with Crippen LogP contribution in [0.1, 0.15) is 0 Å². The van der Waals surface area contributed by atoms with Gasteiger partial charge in [-0.05, 0) is 12.1 Å². The van der Waals surface area contributed by atoms with E-state index in [0.29, 0.717) is 4.32 Å². The Kier molecular flexibility index (Phi) is 2.90. The van der Waals surface area contributed by atoms with Crippen molar-refractivity contribution in [1.29, 1.82) is 0 Å². The van der Waals surface area contributed by atoms with Crippen molar-refractivity contribution in [3.63, 3.8) is 0 Å². The van der Waals surface area contributed by atoms with Crippen LogP contribution >= 0.6 is 39.9 Å². The quantitative estimate of drug-likeness (QED) is 0.585. The van der Waals surface area contributed by atoms with Gasteiger partial charge in [-0.15, -0.1) is 0 Å². The van der Waals surface area contributed by atoms with Crippen LogP contribution < -0.4 is 4.90 Å². The van der Waals surface area contributed by atoms with Crippen LogP contribution in [0.2, 0.25) is 0 Å². The number of carbonyl (C=O) groups excluding carboxylic acids is 1. The van der Waals surface area contributed by atoms with E-state index < -0.39 is 0 Å². The summed E-state index contributed by atoms with van der Waals surface area (Å²) in [6.07, 6.45) is 0. The minimum absolute atomic E-state index is 0.00815. The molecule has 0 aliphatic carbocycles. The number of thiocarbonyl (C=S) groups is 1. The van der Waals surface area contributed by atoms with E-state index in [0.717, 1.165) is 5.69 Å². The Morgan fingerprint density at radius 2 is 2.00 bits per heavy atom. The molecule has 0 aromatic heterocycles. The molecule has 1 fully saturated rings. The fourth-order valence-corrected chi connectivity index (χ4v) is 3.47. The number of amides is 1. The molecule has 5 heteroatoms. The highest BCUT2D eigenvalue weighted by molar-refractivity contribution is 9.12. The lowest BCUT2D eigenvalue weighted by Crippen LogP contribution is -2.29. The van der Waals surface area contributed by atoms with Crippen LogP contribution in [0.4, 0.5) is 5.69 Å². The van der Waals surface area contributed by atoms with Gasteiger partial charge in [0, 0.05) is 0 Å². The molecule has 1 aliphatic heterocycles. The third kappa shape index (κ3) is 1.71. The lowest BCUT2D eigenvalue weighted by atomic mass is 10.3. The number of alkyl halides is 1. The Labute approximate surface area is 99.8 Å². The van der Waals surface area contributed by atoms with Gasteiger partial charge >= 0.3 is 0 Å². The largest absolute Gasteiger partial charge is 0.272 e. The number of hydrogen-bond donors (Lipinski definition) is 0. The summed E-state index contributed by atoms with van der Waals surface area (Å²) < 4.78 is 0.360. The number of anilines is 1. The second-order valence-corrected chi connectivity index (χ2v) is 5.97. The van der Waals surface area contributed by atoms with Crippen molar-refractivity contribution in [2.45, 2.75) is 4.16 Å². The fraction of sp³-hybridized carbons (Fsp3) is 0.111. The maximum Gasteiger partial charge on any atom is 0.256 e. The molecule has 2 rings (SSSR count). The predicted octanol–water partition coefficient (Wildman–Crippen LogP) is 2.77. The molecule has 1 aromatic rings. The maximum atomic E-state index is 11.7. The van der Waals surface area contributed by atoms with E-state index in [-0.39, 0.29) is 10.1 Å². The number of carbonyl (C=O) groups is 1. The predicted molar refractivity (Wildman–Crippen MR) is 66.8 cm³/mol. The molecular formula is C9H6BrNOS2. The number of halogens is 1. The molecule has 1 amide bonds. The minimum Gasteiger partial charge on any atom is -0.272 e. The standard InChI is InChI=1S/C9H6BrNOS2/c10-7-8(12)11(9(13)14-7)6-4-2-1-3-5-6/h1-5,7H/t7-/m1/s1. The van der Waals surface area contributed by atoms with Crippen molar-refractivity contribution in [3.8, 4) is 0 Å².